The molecule has 0 radical (unpaired) electrons. The van der Waals surface area contributed by atoms with Gasteiger partial charge in [-0.25, -0.2) is 14.2 Å². The van der Waals surface area contributed by atoms with E-state index in [9.17, 15) is 14.0 Å². The molecule has 1 heterocycles. The summed E-state index contributed by atoms with van der Waals surface area (Å²) in [6, 6.07) is 2.90. The summed E-state index contributed by atoms with van der Waals surface area (Å²) in [6.07, 6.45) is 4.14. The van der Waals surface area contributed by atoms with E-state index in [1.54, 1.807) is 7.05 Å². The van der Waals surface area contributed by atoms with Gasteiger partial charge in [-0.3, -0.25) is 4.79 Å². The molecule has 0 saturated heterocycles. The van der Waals surface area contributed by atoms with Crippen LogP contribution in [0.3, 0.4) is 0 Å². The number of halogens is 1. The second-order valence-corrected chi connectivity index (χ2v) is 8.57. The van der Waals surface area contributed by atoms with Gasteiger partial charge in [-0.15, -0.1) is 0 Å². The van der Waals surface area contributed by atoms with Crippen LogP contribution in [0.15, 0.2) is 23.1 Å². The van der Waals surface area contributed by atoms with E-state index in [2.05, 4.69) is 10.3 Å². The van der Waals surface area contributed by atoms with Crippen LogP contribution in [-0.2, 0) is 11.8 Å². The molecule has 1 aliphatic carbocycles. The third-order valence-electron chi connectivity index (χ3n) is 5.07. The highest BCUT2D eigenvalue weighted by Gasteiger charge is 2.25. The number of amides is 1. The van der Waals surface area contributed by atoms with Crippen molar-refractivity contribution in [3.8, 4) is 5.75 Å². The van der Waals surface area contributed by atoms with E-state index < -0.39 is 17.5 Å². The van der Waals surface area contributed by atoms with Gasteiger partial charge in [0, 0.05) is 13.1 Å². The van der Waals surface area contributed by atoms with Crippen LogP contribution in [0.25, 0.3) is 11.0 Å². The molecule has 0 unspecified atom stereocenters. The van der Waals surface area contributed by atoms with E-state index in [0.29, 0.717) is 17.6 Å². The van der Waals surface area contributed by atoms with E-state index >= 15 is 0 Å². The summed E-state index contributed by atoms with van der Waals surface area (Å²) in [7, 11) is 1.58. The fraction of sp³-hybridized carbons (Fsp3) is 0.571. The average Bonchev–Trinajstić information content (AvgIpc) is 2.63. The van der Waals surface area contributed by atoms with Crippen LogP contribution in [-0.4, -0.2) is 33.9 Å². The Hall–Kier alpha value is -2.64. The van der Waals surface area contributed by atoms with Gasteiger partial charge in [0.2, 0.25) is 0 Å². The maximum Gasteiger partial charge on any atom is 0.407 e. The van der Waals surface area contributed by atoms with Crippen LogP contribution in [0.1, 0.15) is 46.5 Å². The number of nitrogens with zero attached hydrogens (tertiary/aromatic N) is 2. The minimum absolute atomic E-state index is 0.0594. The van der Waals surface area contributed by atoms with Crippen molar-refractivity contribution in [3.63, 3.8) is 0 Å². The number of nitrogens with one attached hydrogen (secondary N) is 1. The number of carbonyl (C=O) groups excluding carboxylic acids is 1. The van der Waals surface area contributed by atoms with Gasteiger partial charge in [-0.2, -0.15) is 0 Å². The van der Waals surface area contributed by atoms with Gasteiger partial charge in [-0.05, 0) is 64.5 Å². The van der Waals surface area contributed by atoms with Crippen molar-refractivity contribution in [1.82, 2.24) is 14.9 Å². The van der Waals surface area contributed by atoms with Crippen molar-refractivity contribution in [2.24, 2.45) is 13.0 Å². The van der Waals surface area contributed by atoms with E-state index in [1.807, 2.05) is 20.8 Å². The Kier molecular flexibility index (Phi) is 6.10. The third kappa shape index (κ3) is 5.25. The van der Waals surface area contributed by atoms with E-state index in [-0.39, 0.29) is 23.3 Å². The number of hydrogen-bond acceptors (Lipinski definition) is 5. The first kappa shape index (κ1) is 21.1. The van der Waals surface area contributed by atoms with Crippen LogP contribution >= 0.6 is 0 Å². The Balaban J connectivity index is 1.59. The van der Waals surface area contributed by atoms with E-state index in [0.717, 1.165) is 25.7 Å². The maximum absolute atomic E-state index is 14.4. The molecular weight excluding hydrogens is 377 g/mol. The van der Waals surface area contributed by atoms with Crippen molar-refractivity contribution in [2.45, 2.75) is 58.1 Å². The standard InChI is InChI=1S/C21H28FN3O4/c1-21(2,3)29-20(27)24-14-7-5-13(6-8-14)12-28-19-15(22)9-10-16-18(19)25(4)17(26)11-23-16/h9-11,13-14H,5-8,12H2,1-4H3,(H,24,27). The second kappa shape index (κ2) is 8.39. The summed E-state index contributed by atoms with van der Waals surface area (Å²) in [6.45, 7) is 5.84. The fourth-order valence-electron chi connectivity index (χ4n) is 3.57. The van der Waals surface area contributed by atoms with Gasteiger partial charge in [0.1, 0.15) is 11.1 Å². The second-order valence-electron chi connectivity index (χ2n) is 8.57. The molecule has 3 rings (SSSR count). The zero-order chi connectivity index (χ0) is 21.2. The normalized spacial score (nSPS) is 19.8. The summed E-state index contributed by atoms with van der Waals surface area (Å²) < 4.78 is 26.9. The highest BCUT2D eigenvalue weighted by atomic mass is 19.1. The number of benzene rings is 1. The number of alkyl carbamates (subject to hydrolysis) is 1. The highest BCUT2D eigenvalue weighted by Crippen LogP contribution is 2.30. The highest BCUT2D eigenvalue weighted by molar-refractivity contribution is 5.81. The van der Waals surface area contributed by atoms with Crippen molar-refractivity contribution in [3.05, 3.63) is 34.5 Å². The van der Waals surface area contributed by atoms with Gasteiger partial charge in [-0.1, -0.05) is 0 Å². The Bertz CT molecular complexity index is 943. The Morgan fingerprint density at radius 3 is 2.62 bits per heavy atom. The van der Waals surface area contributed by atoms with E-state index in [4.69, 9.17) is 9.47 Å². The molecule has 8 heteroatoms. The number of ether oxygens (including phenoxy) is 2. The summed E-state index contributed by atoms with van der Waals surface area (Å²) in [5, 5.41) is 2.91. The number of aryl methyl sites for hydroxylation is 1. The van der Waals surface area contributed by atoms with Crippen LogP contribution in [0.5, 0.6) is 5.75 Å². The van der Waals surface area contributed by atoms with Crippen LogP contribution in [0.4, 0.5) is 9.18 Å². The number of aromatic nitrogens is 2. The van der Waals surface area contributed by atoms with Gasteiger partial charge >= 0.3 is 6.09 Å². The minimum Gasteiger partial charge on any atom is -0.488 e. The molecule has 1 aromatic heterocycles. The molecule has 0 bridgehead atoms. The molecule has 158 valence electrons. The third-order valence-corrected chi connectivity index (χ3v) is 5.07. The smallest absolute Gasteiger partial charge is 0.407 e. The minimum atomic E-state index is -0.521. The largest absolute Gasteiger partial charge is 0.488 e. The summed E-state index contributed by atoms with van der Waals surface area (Å²) in [4.78, 5) is 27.9. The van der Waals surface area contributed by atoms with Crippen molar-refractivity contribution in [2.75, 3.05) is 6.61 Å². The average molecular weight is 405 g/mol. The maximum atomic E-state index is 14.4. The molecule has 1 amide bonds. The molecule has 0 spiro atoms. The number of hydrogen-bond donors (Lipinski definition) is 1. The molecule has 0 atom stereocenters. The first-order chi connectivity index (χ1) is 13.6. The Morgan fingerprint density at radius 2 is 1.97 bits per heavy atom. The Labute approximate surface area is 169 Å². The summed E-state index contributed by atoms with van der Waals surface area (Å²) in [5.74, 6) is -0.208. The molecule has 1 aromatic carbocycles. The number of fused-ring (bicyclic) bond motifs is 1. The van der Waals surface area contributed by atoms with Crippen LogP contribution < -0.4 is 15.6 Å². The fourth-order valence-corrected chi connectivity index (χ4v) is 3.57. The monoisotopic (exact) mass is 405 g/mol. The van der Waals surface area contributed by atoms with Gasteiger partial charge in [0.25, 0.3) is 5.56 Å². The number of rotatable bonds is 4. The Morgan fingerprint density at radius 1 is 1.28 bits per heavy atom. The molecule has 1 fully saturated rings. The first-order valence-electron chi connectivity index (χ1n) is 9.90. The lowest BCUT2D eigenvalue weighted by molar-refractivity contribution is 0.0483. The zero-order valence-corrected chi connectivity index (χ0v) is 17.3. The molecule has 2 aromatic rings. The predicted octanol–water partition coefficient (Wildman–Crippen LogP) is 3.53. The van der Waals surface area contributed by atoms with Gasteiger partial charge < -0.3 is 19.4 Å². The lowest BCUT2D eigenvalue weighted by Gasteiger charge is -2.30. The van der Waals surface area contributed by atoms with Crippen molar-refractivity contribution < 1.29 is 18.7 Å². The summed E-state index contributed by atoms with van der Waals surface area (Å²) in [5.41, 5.74) is 0.0281. The zero-order valence-electron chi connectivity index (χ0n) is 17.3. The molecule has 29 heavy (non-hydrogen) atoms. The van der Waals surface area contributed by atoms with E-state index in [1.165, 1.54) is 22.9 Å². The van der Waals surface area contributed by atoms with Crippen LogP contribution in [0.2, 0.25) is 0 Å². The molecular formula is C21H28FN3O4. The molecule has 1 aliphatic rings. The van der Waals surface area contributed by atoms with Gasteiger partial charge in [0.05, 0.1) is 18.3 Å². The summed E-state index contributed by atoms with van der Waals surface area (Å²) >= 11 is 0. The lowest BCUT2D eigenvalue weighted by Crippen LogP contribution is -2.41. The number of carbonyl (C=O) groups is 1. The molecule has 1 N–H and O–H groups in total. The molecule has 7 nitrogen and oxygen atoms in total. The predicted molar refractivity (Wildman–Crippen MR) is 108 cm³/mol. The lowest BCUT2D eigenvalue weighted by atomic mass is 9.86. The van der Waals surface area contributed by atoms with Crippen LogP contribution in [0, 0.1) is 11.7 Å². The molecule has 0 aliphatic heterocycles. The quantitative estimate of drug-likeness (QED) is 0.841. The SMILES string of the molecule is Cn1c(=O)cnc2ccc(F)c(OCC3CCC(NC(=O)OC(C)(C)C)CC3)c21. The first-order valence-corrected chi connectivity index (χ1v) is 9.90. The van der Waals surface area contributed by atoms with Crippen molar-refractivity contribution in [1.29, 1.82) is 0 Å². The van der Waals surface area contributed by atoms with Crippen molar-refractivity contribution >= 4 is 17.1 Å². The topological polar surface area (TPSA) is 82.5 Å². The molecule has 1 saturated carbocycles. The van der Waals surface area contributed by atoms with Gasteiger partial charge in [0.15, 0.2) is 11.6 Å².